The lowest BCUT2D eigenvalue weighted by Crippen LogP contribution is -2.30. The lowest BCUT2D eigenvalue weighted by molar-refractivity contribution is 0.0986. The van der Waals surface area contributed by atoms with Gasteiger partial charge in [-0.15, -0.1) is 0 Å². The number of thiazole rings is 1. The second-order valence-corrected chi connectivity index (χ2v) is 9.98. The van der Waals surface area contributed by atoms with E-state index in [9.17, 15) is 4.79 Å². The number of hydrogen-bond donors (Lipinski definition) is 0. The highest BCUT2D eigenvalue weighted by molar-refractivity contribution is 7.22. The van der Waals surface area contributed by atoms with Gasteiger partial charge in [0, 0.05) is 10.9 Å². The molecule has 37 heavy (non-hydrogen) atoms. The number of amides is 1. The van der Waals surface area contributed by atoms with Gasteiger partial charge in [0.2, 0.25) is 0 Å². The minimum absolute atomic E-state index is 0.0885. The fraction of sp³-hybridized carbons (Fsp3) is 0.0938. The number of anilines is 1. The topological polar surface area (TPSA) is 46.1 Å². The second-order valence-electron chi connectivity index (χ2n) is 8.97. The van der Waals surface area contributed by atoms with Crippen LogP contribution in [0.5, 0.6) is 0 Å². The van der Waals surface area contributed by atoms with E-state index in [-0.39, 0.29) is 5.91 Å². The molecule has 0 saturated heterocycles. The lowest BCUT2D eigenvalue weighted by Gasteiger charge is -2.21. The Kier molecular flexibility index (Phi) is 6.21. The van der Waals surface area contributed by atoms with Crippen LogP contribution in [0.2, 0.25) is 0 Å². The van der Waals surface area contributed by atoms with Gasteiger partial charge in [0.05, 0.1) is 33.5 Å². The summed E-state index contributed by atoms with van der Waals surface area (Å²) in [5, 5.41) is 1.53. The van der Waals surface area contributed by atoms with E-state index < -0.39 is 0 Å². The number of carbonyl (C=O) groups excluding carboxylic acids is 1. The molecule has 4 nitrogen and oxygen atoms in total. The Labute approximate surface area is 219 Å². The van der Waals surface area contributed by atoms with Gasteiger partial charge in [0.25, 0.3) is 5.91 Å². The summed E-state index contributed by atoms with van der Waals surface area (Å²) in [5.41, 5.74) is 6.38. The predicted octanol–water partition coefficient (Wildman–Crippen LogP) is 7.92. The third-order valence-electron chi connectivity index (χ3n) is 6.53. The molecular formula is C32H25N3OS. The van der Waals surface area contributed by atoms with Crippen molar-refractivity contribution in [1.29, 1.82) is 0 Å². The van der Waals surface area contributed by atoms with E-state index in [1.807, 2.05) is 95.9 Å². The molecule has 0 saturated carbocycles. The Balaban J connectivity index is 1.51. The zero-order valence-electron chi connectivity index (χ0n) is 20.5. The van der Waals surface area contributed by atoms with Gasteiger partial charge in [-0.05, 0) is 41.8 Å². The van der Waals surface area contributed by atoms with Crippen LogP contribution in [0.1, 0.15) is 28.4 Å². The molecule has 6 rings (SSSR count). The molecule has 0 aliphatic heterocycles. The van der Waals surface area contributed by atoms with E-state index in [4.69, 9.17) is 9.97 Å². The maximum atomic E-state index is 14.4. The van der Waals surface area contributed by atoms with Crippen molar-refractivity contribution >= 4 is 43.5 Å². The number of carbonyl (C=O) groups is 1. The van der Waals surface area contributed by atoms with Crippen LogP contribution in [0, 0.1) is 0 Å². The van der Waals surface area contributed by atoms with Crippen LogP contribution in [0.15, 0.2) is 109 Å². The van der Waals surface area contributed by atoms with Crippen LogP contribution in [0.25, 0.3) is 32.4 Å². The Morgan fingerprint density at radius 3 is 2.27 bits per heavy atom. The zero-order chi connectivity index (χ0) is 25.2. The summed E-state index contributed by atoms with van der Waals surface area (Å²) in [6.07, 6.45) is 0.959. The molecule has 5 heteroatoms. The van der Waals surface area contributed by atoms with E-state index in [2.05, 4.69) is 25.1 Å². The molecule has 6 aromatic rings. The highest BCUT2D eigenvalue weighted by atomic mass is 32.1. The smallest absolute Gasteiger partial charge is 0.261 e. The number of aromatic nitrogens is 2. The lowest BCUT2D eigenvalue weighted by atomic mass is 10.0. The number of para-hydroxylation sites is 1. The number of benzene rings is 4. The Morgan fingerprint density at radius 1 is 0.757 bits per heavy atom. The number of aryl methyl sites for hydroxylation is 1. The average Bonchev–Trinajstić information content (AvgIpc) is 3.39. The summed E-state index contributed by atoms with van der Waals surface area (Å²) in [6, 6.07) is 36.2. The summed E-state index contributed by atoms with van der Waals surface area (Å²) in [6.45, 7) is 2.57. The summed E-state index contributed by atoms with van der Waals surface area (Å²) < 4.78 is 1.09. The quantitative estimate of drug-likeness (QED) is 0.234. The first-order valence-corrected chi connectivity index (χ1v) is 13.2. The maximum absolute atomic E-state index is 14.4. The molecule has 1 amide bonds. The maximum Gasteiger partial charge on any atom is 0.261 e. The molecule has 0 radical (unpaired) electrons. The third-order valence-corrected chi connectivity index (χ3v) is 7.57. The number of rotatable bonds is 6. The number of fused-ring (bicyclic) bond motifs is 2. The van der Waals surface area contributed by atoms with Crippen molar-refractivity contribution in [2.75, 3.05) is 4.90 Å². The van der Waals surface area contributed by atoms with E-state index in [0.717, 1.165) is 44.4 Å². The largest absolute Gasteiger partial charge is 0.279 e. The van der Waals surface area contributed by atoms with Crippen molar-refractivity contribution in [2.45, 2.75) is 19.9 Å². The van der Waals surface area contributed by atoms with Crippen LogP contribution in [-0.4, -0.2) is 15.9 Å². The molecule has 0 atom stereocenters. The van der Waals surface area contributed by atoms with Crippen molar-refractivity contribution < 1.29 is 4.79 Å². The van der Waals surface area contributed by atoms with Crippen molar-refractivity contribution in [3.8, 4) is 11.3 Å². The predicted molar refractivity (Wildman–Crippen MR) is 153 cm³/mol. The molecule has 2 aromatic heterocycles. The van der Waals surface area contributed by atoms with Crippen molar-refractivity contribution in [1.82, 2.24) is 9.97 Å². The third kappa shape index (κ3) is 4.61. The van der Waals surface area contributed by atoms with Crippen LogP contribution in [0.3, 0.4) is 0 Å². The SMILES string of the molecule is CCc1ccc2nc(N(Cc3ccccc3)C(=O)c3cc(-c4ccccc4)nc4ccccc34)sc2c1. The van der Waals surface area contributed by atoms with E-state index in [0.29, 0.717) is 17.2 Å². The first kappa shape index (κ1) is 23.1. The number of hydrogen-bond acceptors (Lipinski definition) is 4. The second kappa shape index (κ2) is 9.96. The summed E-state index contributed by atoms with van der Waals surface area (Å²) in [4.78, 5) is 26.0. The number of nitrogens with zero attached hydrogens (tertiary/aromatic N) is 3. The van der Waals surface area contributed by atoms with Gasteiger partial charge in [-0.2, -0.15) is 0 Å². The summed E-state index contributed by atoms with van der Waals surface area (Å²) >= 11 is 1.56. The van der Waals surface area contributed by atoms with Crippen LogP contribution in [0.4, 0.5) is 5.13 Å². The molecule has 2 heterocycles. The molecule has 0 unspecified atom stereocenters. The van der Waals surface area contributed by atoms with E-state index in [1.165, 1.54) is 5.56 Å². The summed E-state index contributed by atoms with van der Waals surface area (Å²) in [5.74, 6) is -0.0885. The van der Waals surface area contributed by atoms with Gasteiger partial charge in [0.15, 0.2) is 5.13 Å². The van der Waals surface area contributed by atoms with E-state index >= 15 is 0 Å². The Morgan fingerprint density at radius 2 is 1.49 bits per heavy atom. The highest BCUT2D eigenvalue weighted by Gasteiger charge is 2.24. The molecule has 0 bridgehead atoms. The minimum atomic E-state index is -0.0885. The average molecular weight is 500 g/mol. The normalized spacial score (nSPS) is 11.2. The van der Waals surface area contributed by atoms with Gasteiger partial charge < -0.3 is 0 Å². The van der Waals surface area contributed by atoms with Crippen molar-refractivity contribution in [3.05, 3.63) is 126 Å². The van der Waals surface area contributed by atoms with Gasteiger partial charge in [0.1, 0.15) is 0 Å². The van der Waals surface area contributed by atoms with Gasteiger partial charge in [-0.25, -0.2) is 9.97 Å². The van der Waals surface area contributed by atoms with Gasteiger partial charge >= 0.3 is 0 Å². The molecule has 0 aliphatic carbocycles. The molecular weight excluding hydrogens is 474 g/mol. The molecule has 0 fully saturated rings. The molecule has 0 N–H and O–H groups in total. The highest BCUT2D eigenvalue weighted by Crippen LogP contribution is 2.33. The van der Waals surface area contributed by atoms with Gasteiger partial charge in [-0.3, -0.25) is 9.69 Å². The Bertz CT molecular complexity index is 1710. The minimum Gasteiger partial charge on any atom is -0.279 e. The van der Waals surface area contributed by atoms with E-state index in [1.54, 1.807) is 11.3 Å². The van der Waals surface area contributed by atoms with Crippen molar-refractivity contribution in [3.63, 3.8) is 0 Å². The first-order valence-electron chi connectivity index (χ1n) is 12.4. The fourth-order valence-electron chi connectivity index (χ4n) is 4.54. The zero-order valence-corrected chi connectivity index (χ0v) is 21.3. The standard InChI is InChI=1S/C32H25N3OS/c1-2-22-17-18-28-30(19-22)37-32(34-28)35(21-23-11-5-3-6-12-23)31(36)26-20-29(24-13-7-4-8-14-24)33-27-16-10-9-15-25(26)27/h3-20H,2,21H2,1H3. The Hall–Kier alpha value is -4.35. The first-order chi connectivity index (χ1) is 18.2. The van der Waals surface area contributed by atoms with Crippen LogP contribution in [-0.2, 0) is 13.0 Å². The van der Waals surface area contributed by atoms with Crippen molar-refractivity contribution in [2.24, 2.45) is 0 Å². The fourth-order valence-corrected chi connectivity index (χ4v) is 5.57. The van der Waals surface area contributed by atoms with Crippen LogP contribution < -0.4 is 4.90 Å². The molecule has 0 aliphatic rings. The number of pyridine rings is 1. The molecule has 4 aromatic carbocycles. The summed E-state index contributed by atoms with van der Waals surface area (Å²) in [7, 11) is 0. The van der Waals surface area contributed by atoms with Gasteiger partial charge in [-0.1, -0.05) is 103 Å². The molecule has 0 spiro atoms. The van der Waals surface area contributed by atoms with Crippen LogP contribution >= 0.6 is 11.3 Å². The monoisotopic (exact) mass is 499 g/mol. The molecule has 180 valence electrons.